The van der Waals surface area contributed by atoms with Crippen molar-refractivity contribution in [2.24, 2.45) is 0 Å². The zero-order valence-corrected chi connectivity index (χ0v) is 10.7. The Kier molecular flexibility index (Phi) is 6.00. The predicted molar refractivity (Wildman–Crippen MR) is 67.7 cm³/mol. The lowest BCUT2D eigenvalue weighted by Gasteiger charge is -2.11. The van der Waals surface area contributed by atoms with Gasteiger partial charge in [0.25, 0.3) is 0 Å². The second kappa shape index (κ2) is 7.55. The minimum atomic E-state index is -0.0890. The first kappa shape index (κ1) is 14.3. The summed E-state index contributed by atoms with van der Waals surface area (Å²) in [6.45, 7) is 0.403. The Hall–Kier alpha value is -1.75. The number of aliphatic hydroxyl groups is 1. The molecule has 5 nitrogen and oxygen atoms in total. The van der Waals surface area contributed by atoms with Gasteiger partial charge in [-0.05, 0) is 24.6 Å². The predicted octanol–water partition coefficient (Wildman–Crippen LogP) is 1.09. The molecule has 0 atom stereocenters. The SMILES string of the molecule is COc1ccc(OC)c(CNC(=O)CCCO)c1. The van der Waals surface area contributed by atoms with Crippen molar-refractivity contribution in [2.75, 3.05) is 20.8 Å². The first-order valence-electron chi connectivity index (χ1n) is 5.79. The summed E-state index contributed by atoms with van der Waals surface area (Å²) in [6, 6.07) is 5.43. The molecule has 5 heteroatoms. The molecule has 0 aliphatic rings. The van der Waals surface area contributed by atoms with Gasteiger partial charge in [0, 0.05) is 25.1 Å². The van der Waals surface area contributed by atoms with Gasteiger partial charge >= 0.3 is 0 Å². The summed E-state index contributed by atoms with van der Waals surface area (Å²) in [4.78, 5) is 11.4. The topological polar surface area (TPSA) is 67.8 Å². The molecule has 1 rings (SSSR count). The van der Waals surface area contributed by atoms with E-state index < -0.39 is 0 Å². The fourth-order valence-corrected chi connectivity index (χ4v) is 1.54. The number of hydrogen-bond donors (Lipinski definition) is 2. The summed E-state index contributed by atoms with van der Waals surface area (Å²) in [5, 5.41) is 11.4. The molecule has 0 spiro atoms. The molecule has 0 saturated carbocycles. The molecule has 0 aliphatic heterocycles. The second-order valence-corrected chi connectivity index (χ2v) is 3.78. The quantitative estimate of drug-likeness (QED) is 0.763. The molecular formula is C13H19NO4. The minimum absolute atomic E-state index is 0.0237. The Morgan fingerprint density at radius 1 is 1.33 bits per heavy atom. The number of rotatable bonds is 7. The van der Waals surface area contributed by atoms with Crippen LogP contribution >= 0.6 is 0 Å². The monoisotopic (exact) mass is 253 g/mol. The minimum Gasteiger partial charge on any atom is -0.497 e. The zero-order chi connectivity index (χ0) is 13.4. The van der Waals surface area contributed by atoms with E-state index in [1.807, 2.05) is 6.07 Å². The molecule has 0 fully saturated rings. The van der Waals surface area contributed by atoms with Gasteiger partial charge in [-0.15, -0.1) is 0 Å². The Bertz CT molecular complexity index is 393. The van der Waals surface area contributed by atoms with Crippen LogP contribution in [0.25, 0.3) is 0 Å². The van der Waals surface area contributed by atoms with E-state index in [1.54, 1.807) is 26.4 Å². The number of ether oxygens (including phenoxy) is 2. The van der Waals surface area contributed by atoms with Gasteiger partial charge < -0.3 is 19.9 Å². The number of carbonyl (C=O) groups excluding carboxylic acids is 1. The van der Waals surface area contributed by atoms with Crippen LogP contribution in [0.3, 0.4) is 0 Å². The molecule has 0 bridgehead atoms. The lowest BCUT2D eigenvalue weighted by atomic mass is 10.2. The van der Waals surface area contributed by atoms with Crippen molar-refractivity contribution in [3.05, 3.63) is 23.8 Å². The third-order valence-corrected chi connectivity index (χ3v) is 2.53. The number of aliphatic hydroxyl groups excluding tert-OH is 1. The number of benzene rings is 1. The average Bonchev–Trinajstić information content (AvgIpc) is 2.42. The molecular weight excluding hydrogens is 234 g/mol. The molecule has 100 valence electrons. The van der Waals surface area contributed by atoms with Crippen LogP contribution in [0.2, 0.25) is 0 Å². The number of methoxy groups -OCH3 is 2. The normalized spacial score (nSPS) is 9.94. The van der Waals surface area contributed by atoms with Crippen molar-refractivity contribution >= 4 is 5.91 Å². The molecule has 1 aromatic carbocycles. The Labute approximate surface area is 107 Å². The average molecular weight is 253 g/mol. The van der Waals surface area contributed by atoms with Gasteiger partial charge in [-0.2, -0.15) is 0 Å². The van der Waals surface area contributed by atoms with Gasteiger partial charge in [-0.3, -0.25) is 4.79 Å². The first-order chi connectivity index (χ1) is 8.71. The molecule has 0 radical (unpaired) electrons. The second-order valence-electron chi connectivity index (χ2n) is 3.78. The van der Waals surface area contributed by atoms with E-state index in [2.05, 4.69) is 5.32 Å². The van der Waals surface area contributed by atoms with Crippen molar-refractivity contribution in [3.63, 3.8) is 0 Å². The largest absolute Gasteiger partial charge is 0.497 e. The smallest absolute Gasteiger partial charge is 0.220 e. The summed E-state index contributed by atoms with van der Waals surface area (Å²) in [5.74, 6) is 1.34. The summed E-state index contributed by atoms with van der Waals surface area (Å²) in [6.07, 6.45) is 0.795. The van der Waals surface area contributed by atoms with Crippen LogP contribution in [0.1, 0.15) is 18.4 Å². The highest BCUT2D eigenvalue weighted by Crippen LogP contribution is 2.23. The van der Waals surface area contributed by atoms with E-state index in [4.69, 9.17) is 14.6 Å². The van der Waals surface area contributed by atoms with Crippen LogP contribution in [0.15, 0.2) is 18.2 Å². The van der Waals surface area contributed by atoms with Gasteiger partial charge in [-0.1, -0.05) is 0 Å². The maximum absolute atomic E-state index is 11.4. The van der Waals surface area contributed by atoms with Gasteiger partial charge in [-0.25, -0.2) is 0 Å². The molecule has 1 aromatic rings. The van der Waals surface area contributed by atoms with E-state index in [0.29, 0.717) is 25.1 Å². The Morgan fingerprint density at radius 2 is 2.11 bits per heavy atom. The van der Waals surface area contributed by atoms with Gasteiger partial charge in [0.15, 0.2) is 0 Å². The summed E-state index contributed by atoms with van der Waals surface area (Å²) in [5.41, 5.74) is 0.856. The molecule has 0 aromatic heterocycles. The number of hydrogen-bond acceptors (Lipinski definition) is 4. The summed E-state index contributed by atoms with van der Waals surface area (Å²) in [7, 11) is 3.17. The zero-order valence-electron chi connectivity index (χ0n) is 10.7. The Balaban J connectivity index is 2.62. The van der Waals surface area contributed by atoms with Crippen LogP contribution < -0.4 is 14.8 Å². The number of nitrogens with one attached hydrogen (secondary N) is 1. The summed E-state index contributed by atoms with van der Waals surface area (Å²) >= 11 is 0. The first-order valence-corrected chi connectivity index (χ1v) is 5.79. The molecule has 0 aliphatic carbocycles. The third-order valence-electron chi connectivity index (χ3n) is 2.53. The van der Waals surface area contributed by atoms with Crippen LogP contribution in [0.5, 0.6) is 11.5 Å². The van der Waals surface area contributed by atoms with E-state index in [1.165, 1.54) is 0 Å². The highest BCUT2D eigenvalue weighted by molar-refractivity contribution is 5.75. The molecule has 0 heterocycles. The fraction of sp³-hybridized carbons (Fsp3) is 0.462. The van der Waals surface area contributed by atoms with E-state index in [9.17, 15) is 4.79 Å². The lowest BCUT2D eigenvalue weighted by molar-refractivity contribution is -0.121. The van der Waals surface area contributed by atoms with E-state index in [-0.39, 0.29) is 12.5 Å². The van der Waals surface area contributed by atoms with E-state index in [0.717, 1.165) is 11.3 Å². The maximum Gasteiger partial charge on any atom is 0.220 e. The van der Waals surface area contributed by atoms with Gasteiger partial charge in [0.2, 0.25) is 5.91 Å². The van der Waals surface area contributed by atoms with Gasteiger partial charge in [0.1, 0.15) is 11.5 Å². The van der Waals surface area contributed by atoms with E-state index >= 15 is 0 Å². The van der Waals surface area contributed by atoms with Crippen LogP contribution in [0, 0.1) is 0 Å². The molecule has 18 heavy (non-hydrogen) atoms. The van der Waals surface area contributed by atoms with Crippen molar-refractivity contribution < 1.29 is 19.4 Å². The van der Waals surface area contributed by atoms with Gasteiger partial charge in [0.05, 0.1) is 14.2 Å². The molecule has 1 amide bonds. The standard InChI is InChI=1S/C13H19NO4/c1-17-11-5-6-12(18-2)10(8-11)9-14-13(16)4-3-7-15/h5-6,8,15H,3-4,7,9H2,1-2H3,(H,14,16). The highest BCUT2D eigenvalue weighted by atomic mass is 16.5. The van der Waals surface area contributed by atoms with Crippen molar-refractivity contribution in [2.45, 2.75) is 19.4 Å². The maximum atomic E-state index is 11.4. The van der Waals surface area contributed by atoms with Crippen LogP contribution in [-0.2, 0) is 11.3 Å². The lowest BCUT2D eigenvalue weighted by Crippen LogP contribution is -2.22. The van der Waals surface area contributed by atoms with Crippen molar-refractivity contribution in [1.29, 1.82) is 0 Å². The van der Waals surface area contributed by atoms with Crippen molar-refractivity contribution in [1.82, 2.24) is 5.32 Å². The fourth-order valence-electron chi connectivity index (χ4n) is 1.54. The summed E-state index contributed by atoms with van der Waals surface area (Å²) < 4.78 is 10.3. The number of carbonyl (C=O) groups is 1. The van der Waals surface area contributed by atoms with Crippen molar-refractivity contribution in [3.8, 4) is 11.5 Å². The highest BCUT2D eigenvalue weighted by Gasteiger charge is 2.07. The molecule has 0 saturated heterocycles. The molecule has 0 unspecified atom stereocenters. The van der Waals surface area contributed by atoms with Crippen LogP contribution in [-0.4, -0.2) is 31.8 Å². The Morgan fingerprint density at radius 3 is 2.72 bits per heavy atom. The third kappa shape index (κ3) is 4.25. The number of amides is 1. The van der Waals surface area contributed by atoms with Crippen LogP contribution in [0.4, 0.5) is 0 Å². The molecule has 2 N–H and O–H groups in total.